The molecule has 1 saturated heterocycles. The molecule has 0 aliphatic carbocycles. The SMILES string of the molecule is Cc1cc(=O)oc2cc(OCCN3CCN(c4cccc(Cl)c4Cl)CC3)ccc12. The monoisotopic (exact) mass is 432 g/mol. The zero-order valence-corrected chi connectivity index (χ0v) is 17.7. The van der Waals surface area contributed by atoms with Gasteiger partial charge in [0.2, 0.25) is 0 Å². The van der Waals surface area contributed by atoms with Gasteiger partial charge < -0.3 is 14.1 Å². The van der Waals surface area contributed by atoms with Crippen LogP contribution in [-0.2, 0) is 0 Å². The van der Waals surface area contributed by atoms with E-state index < -0.39 is 0 Å². The van der Waals surface area contributed by atoms with Crippen LogP contribution in [0.3, 0.4) is 0 Å². The number of piperazine rings is 1. The van der Waals surface area contributed by atoms with Gasteiger partial charge >= 0.3 is 5.63 Å². The summed E-state index contributed by atoms with van der Waals surface area (Å²) in [5.74, 6) is 0.704. The van der Waals surface area contributed by atoms with E-state index in [1.165, 1.54) is 6.07 Å². The Hall–Kier alpha value is -2.21. The van der Waals surface area contributed by atoms with E-state index in [9.17, 15) is 4.79 Å². The Bertz CT molecular complexity index is 1080. The van der Waals surface area contributed by atoms with Gasteiger partial charge in [-0.15, -0.1) is 0 Å². The van der Waals surface area contributed by atoms with Gasteiger partial charge in [0.15, 0.2) is 0 Å². The molecule has 0 atom stereocenters. The van der Waals surface area contributed by atoms with Crippen molar-refractivity contribution in [3.8, 4) is 5.75 Å². The Balaban J connectivity index is 1.30. The van der Waals surface area contributed by atoms with Gasteiger partial charge in [-0.3, -0.25) is 4.90 Å². The highest BCUT2D eigenvalue weighted by Crippen LogP contribution is 2.32. The molecule has 2 aromatic carbocycles. The van der Waals surface area contributed by atoms with Crippen molar-refractivity contribution in [2.24, 2.45) is 0 Å². The molecule has 152 valence electrons. The van der Waals surface area contributed by atoms with Crippen LogP contribution in [0.4, 0.5) is 5.69 Å². The van der Waals surface area contributed by atoms with E-state index in [-0.39, 0.29) is 5.63 Å². The van der Waals surface area contributed by atoms with Crippen LogP contribution in [-0.4, -0.2) is 44.2 Å². The first-order chi connectivity index (χ1) is 14.0. The Labute approximate surface area is 179 Å². The van der Waals surface area contributed by atoms with Gasteiger partial charge in [0.25, 0.3) is 0 Å². The minimum atomic E-state index is -0.343. The Morgan fingerprint density at radius 2 is 1.86 bits per heavy atom. The molecule has 2 heterocycles. The van der Waals surface area contributed by atoms with Crippen molar-refractivity contribution in [1.29, 1.82) is 0 Å². The Morgan fingerprint density at radius 3 is 2.66 bits per heavy atom. The molecule has 0 bridgehead atoms. The number of rotatable bonds is 5. The van der Waals surface area contributed by atoms with E-state index in [0.29, 0.717) is 28.0 Å². The molecule has 0 amide bonds. The van der Waals surface area contributed by atoms with Gasteiger partial charge in [0, 0.05) is 50.2 Å². The van der Waals surface area contributed by atoms with Gasteiger partial charge in [-0.1, -0.05) is 29.3 Å². The lowest BCUT2D eigenvalue weighted by atomic mass is 10.1. The van der Waals surface area contributed by atoms with Crippen molar-refractivity contribution in [2.75, 3.05) is 44.2 Å². The second-order valence-corrected chi connectivity index (χ2v) is 7.94. The van der Waals surface area contributed by atoms with Crippen molar-refractivity contribution in [2.45, 2.75) is 6.92 Å². The maximum Gasteiger partial charge on any atom is 0.336 e. The van der Waals surface area contributed by atoms with Crippen molar-refractivity contribution in [3.05, 3.63) is 68.5 Å². The van der Waals surface area contributed by atoms with Crippen LogP contribution in [0.25, 0.3) is 11.0 Å². The van der Waals surface area contributed by atoms with Gasteiger partial charge in [-0.25, -0.2) is 4.79 Å². The van der Waals surface area contributed by atoms with Gasteiger partial charge in [0.05, 0.1) is 15.7 Å². The summed E-state index contributed by atoms with van der Waals surface area (Å²) in [5, 5.41) is 2.12. The van der Waals surface area contributed by atoms with Crippen LogP contribution in [0.15, 0.2) is 51.7 Å². The van der Waals surface area contributed by atoms with Gasteiger partial charge in [0.1, 0.15) is 17.9 Å². The minimum Gasteiger partial charge on any atom is -0.492 e. The molecule has 1 aliphatic rings. The summed E-state index contributed by atoms with van der Waals surface area (Å²) in [6.07, 6.45) is 0. The number of hydrogen-bond donors (Lipinski definition) is 0. The van der Waals surface area contributed by atoms with Gasteiger partial charge in [-0.05, 0) is 36.8 Å². The highest BCUT2D eigenvalue weighted by atomic mass is 35.5. The van der Waals surface area contributed by atoms with Crippen LogP contribution in [0.2, 0.25) is 10.0 Å². The molecule has 0 unspecified atom stereocenters. The molecule has 0 N–H and O–H groups in total. The summed E-state index contributed by atoms with van der Waals surface area (Å²) < 4.78 is 11.2. The summed E-state index contributed by atoms with van der Waals surface area (Å²) in [5.41, 5.74) is 2.10. The summed E-state index contributed by atoms with van der Waals surface area (Å²) in [6.45, 7) is 6.93. The Morgan fingerprint density at radius 1 is 1.07 bits per heavy atom. The number of anilines is 1. The minimum absolute atomic E-state index is 0.343. The lowest BCUT2D eigenvalue weighted by molar-refractivity contribution is 0.200. The summed E-state index contributed by atoms with van der Waals surface area (Å²) in [4.78, 5) is 16.2. The van der Waals surface area contributed by atoms with E-state index in [4.69, 9.17) is 32.4 Å². The largest absolute Gasteiger partial charge is 0.492 e. The zero-order valence-electron chi connectivity index (χ0n) is 16.2. The van der Waals surface area contributed by atoms with Crippen LogP contribution in [0.5, 0.6) is 5.75 Å². The number of ether oxygens (including phenoxy) is 1. The maximum atomic E-state index is 11.6. The molecular weight excluding hydrogens is 411 g/mol. The van der Waals surface area contributed by atoms with E-state index in [1.54, 1.807) is 12.1 Å². The summed E-state index contributed by atoms with van der Waals surface area (Å²) in [6, 6.07) is 12.9. The Kier molecular flexibility index (Phi) is 5.99. The fourth-order valence-corrected chi connectivity index (χ4v) is 4.05. The lowest BCUT2D eigenvalue weighted by Gasteiger charge is -2.36. The summed E-state index contributed by atoms with van der Waals surface area (Å²) >= 11 is 12.5. The molecule has 1 aromatic heterocycles. The van der Waals surface area contributed by atoms with Crippen molar-refractivity contribution < 1.29 is 9.15 Å². The number of nitrogens with zero attached hydrogens (tertiary/aromatic N) is 2. The van der Waals surface area contributed by atoms with E-state index in [2.05, 4.69) is 9.80 Å². The predicted molar refractivity (Wildman–Crippen MR) is 118 cm³/mol. The summed E-state index contributed by atoms with van der Waals surface area (Å²) in [7, 11) is 0. The first-order valence-electron chi connectivity index (χ1n) is 9.60. The molecule has 7 heteroatoms. The van der Waals surface area contributed by atoms with Crippen LogP contribution < -0.4 is 15.3 Å². The van der Waals surface area contributed by atoms with E-state index >= 15 is 0 Å². The van der Waals surface area contributed by atoms with E-state index in [0.717, 1.165) is 49.4 Å². The molecule has 0 radical (unpaired) electrons. The maximum absolute atomic E-state index is 11.6. The number of benzene rings is 2. The van der Waals surface area contributed by atoms with Crippen molar-refractivity contribution in [3.63, 3.8) is 0 Å². The van der Waals surface area contributed by atoms with Crippen molar-refractivity contribution in [1.82, 2.24) is 4.90 Å². The normalized spacial score (nSPS) is 15.1. The third kappa shape index (κ3) is 4.53. The second-order valence-electron chi connectivity index (χ2n) is 7.16. The highest BCUT2D eigenvalue weighted by molar-refractivity contribution is 6.43. The van der Waals surface area contributed by atoms with Gasteiger partial charge in [-0.2, -0.15) is 0 Å². The fraction of sp³-hybridized carbons (Fsp3) is 0.318. The molecular formula is C22H22Cl2N2O3. The standard InChI is InChI=1S/C22H22Cl2N2O3/c1-15-13-21(27)29-20-14-16(5-6-17(15)20)28-12-11-25-7-9-26(10-8-25)19-4-2-3-18(23)22(19)24/h2-6,13-14H,7-12H2,1H3. The number of aryl methyl sites for hydroxylation is 1. The highest BCUT2D eigenvalue weighted by Gasteiger charge is 2.19. The molecule has 1 fully saturated rings. The zero-order chi connectivity index (χ0) is 20.4. The molecule has 5 nitrogen and oxygen atoms in total. The average Bonchev–Trinajstić information content (AvgIpc) is 2.70. The lowest BCUT2D eigenvalue weighted by Crippen LogP contribution is -2.47. The van der Waals surface area contributed by atoms with Crippen LogP contribution in [0.1, 0.15) is 5.56 Å². The molecule has 0 spiro atoms. The number of fused-ring (bicyclic) bond motifs is 1. The first-order valence-corrected chi connectivity index (χ1v) is 10.4. The molecule has 4 rings (SSSR count). The molecule has 29 heavy (non-hydrogen) atoms. The molecule has 1 aliphatic heterocycles. The van der Waals surface area contributed by atoms with Crippen molar-refractivity contribution >= 4 is 39.9 Å². The van der Waals surface area contributed by atoms with Crippen LogP contribution in [0, 0.1) is 6.92 Å². The third-order valence-corrected chi connectivity index (χ3v) is 6.05. The molecule has 3 aromatic rings. The first kappa shape index (κ1) is 20.1. The number of hydrogen-bond acceptors (Lipinski definition) is 5. The topological polar surface area (TPSA) is 45.9 Å². The molecule has 0 saturated carbocycles. The smallest absolute Gasteiger partial charge is 0.336 e. The second kappa shape index (κ2) is 8.66. The van der Waals surface area contributed by atoms with Crippen LogP contribution >= 0.6 is 23.2 Å². The fourth-order valence-electron chi connectivity index (χ4n) is 3.64. The van der Waals surface area contributed by atoms with E-state index in [1.807, 2.05) is 31.2 Å². The quantitative estimate of drug-likeness (QED) is 0.550. The number of halogens is 2. The third-order valence-electron chi connectivity index (χ3n) is 5.24. The average molecular weight is 433 g/mol. The predicted octanol–water partition coefficient (Wildman–Crippen LogP) is 4.61.